The molecule has 0 fully saturated rings. The first-order valence-electron chi connectivity index (χ1n) is 7.51. The molecule has 0 bridgehead atoms. The van der Waals surface area contributed by atoms with E-state index in [0.717, 1.165) is 5.56 Å². The fourth-order valence-corrected chi connectivity index (χ4v) is 1.92. The standard InChI is InChI=1S/C20H20N2O/c1-3-16(2)19(15-14-17-10-6-4-7-11-17)21-22-20(23)18-12-8-5-9-13-18/h3-13,16,19,21H,1H2,2H3,(H,22,23)/t16-,19-/m1/s1. The summed E-state index contributed by atoms with van der Waals surface area (Å²) in [5, 5.41) is 0. The molecule has 2 rings (SSSR count). The minimum Gasteiger partial charge on any atom is -0.286 e. The number of benzene rings is 2. The monoisotopic (exact) mass is 304 g/mol. The summed E-state index contributed by atoms with van der Waals surface area (Å²) in [7, 11) is 0. The number of hydrazine groups is 1. The van der Waals surface area contributed by atoms with E-state index in [1.807, 2.05) is 61.5 Å². The molecule has 0 aromatic heterocycles. The molecule has 0 spiro atoms. The van der Waals surface area contributed by atoms with Crippen LogP contribution in [0.2, 0.25) is 0 Å². The van der Waals surface area contributed by atoms with Gasteiger partial charge in [-0.25, -0.2) is 5.43 Å². The Bertz CT molecular complexity index is 699. The van der Waals surface area contributed by atoms with Crippen LogP contribution in [0.15, 0.2) is 73.3 Å². The molecule has 0 aliphatic carbocycles. The van der Waals surface area contributed by atoms with Crippen LogP contribution in [-0.2, 0) is 0 Å². The zero-order valence-corrected chi connectivity index (χ0v) is 13.1. The van der Waals surface area contributed by atoms with Gasteiger partial charge in [0.15, 0.2) is 0 Å². The third-order valence-corrected chi connectivity index (χ3v) is 3.42. The number of carbonyl (C=O) groups excluding carboxylic acids is 1. The van der Waals surface area contributed by atoms with Crippen molar-refractivity contribution in [2.24, 2.45) is 5.92 Å². The van der Waals surface area contributed by atoms with Crippen LogP contribution >= 0.6 is 0 Å². The maximum Gasteiger partial charge on any atom is 0.265 e. The highest BCUT2D eigenvalue weighted by atomic mass is 16.2. The van der Waals surface area contributed by atoms with E-state index in [1.54, 1.807) is 12.1 Å². The first-order valence-corrected chi connectivity index (χ1v) is 7.51. The summed E-state index contributed by atoms with van der Waals surface area (Å²) in [6.07, 6.45) is 1.81. The lowest BCUT2D eigenvalue weighted by atomic mass is 10.0. The van der Waals surface area contributed by atoms with Crippen molar-refractivity contribution in [3.8, 4) is 11.8 Å². The van der Waals surface area contributed by atoms with Gasteiger partial charge < -0.3 is 0 Å². The quantitative estimate of drug-likeness (QED) is 0.506. The molecular weight excluding hydrogens is 284 g/mol. The summed E-state index contributed by atoms with van der Waals surface area (Å²) in [6, 6.07) is 18.6. The predicted octanol–water partition coefficient (Wildman–Crippen LogP) is 3.16. The molecule has 0 aliphatic rings. The first-order chi connectivity index (χ1) is 11.2. The van der Waals surface area contributed by atoms with Crippen molar-refractivity contribution < 1.29 is 4.79 Å². The molecule has 0 radical (unpaired) electrons. The van der Waals surface area contributed by atoms with Crippen LogP contribution in [0.1, 0.15) is 22.8 Å². The normalized spacial score (nSPS) is 12.4. The predicted molar refractivity (Wildman–Crippen MR) is 93.5 cm³/mol. The first kappa shape index (κ1) is 16.5. The Hall–Kier alpha value is -2.83. The van der Waals surface area contributed by atoms with Crippen LogP contribution in [0.4, 0.5) is 0 Å². The lowest BCUT2D eigenvalue weighted by Gasteiger charge is -2.18. The maximum absolute atomic E-state index is 12.1. The molecule has 116 valence electrons. The highest BCUT2D eigenvalue weighted by Gasteiger charge is 2.13. The van der Waals surface area contributed by atoms with Gasteiger partial charge in [0.2, 0.25) is 0 Å². The molecule has 23 heavy (non-hydrogen) atoms. The molecule has 3 nitrogen and oxygen atoms in total. The van der Waals surface area contributed by atoms with Crippen molar-refractivity contribution in [1.82, 2.24) is 10.9 Å². The second kappa shape index (κ2) is 8.57. The van der Waals surface area contributed by atoms with Crippen LogP contribution in [0.3, 0.4) is 0 Å². The molecule has 0 unspecified atom stereocenters. The molecule has 2 N–H and O–H groups in total. The molecule has 1 amide bonds. The van der Waals surface area contributed by atoms with Crippen molar-refractivity contribution in [1.29, 1.82) is 0 Å². The second-order valence-corrected chi connectivity index (χ2v) is 5.17. The maximum atomic E-state index is 12.1. The SMILES string of the molecule is C=C[C@@H](C)[C@@H](C#Cc1ccccc1)NNC(=O)c1ccccc1. The highest BCUT2D eigenvalue weighted by molar-refractivity contribution is 5.93. The molecule has 2 aromatic rings. The molecular formula is C20H20N2O. The van der Waals surface area contributed by atoms with Gasteiger partial charge in [-0.05, 0) is 24.3 Å². The zero-order valence-electron chi connectivity index (χ0n) is 13.1. The Morgan fingerprint density at radius 1 is 1.09 bits per heavy atom. The van der Waals surface area contributed by atoms with E-state index in [-0.39, 0.29) is 17.9 Å². The van der Waals surface area contributed by atoms with E-state index in [0.29, 0.717) is 5.56 Å². The molecule has 0 saturated carbocycles. The van der Waals surface area contributed by atoms with Gasteiger partial charge in [0, 0.05) is 17.0 Å². The van der Waals surface area contributed by atoms with Crippen molar-refractivity contribution in [3.63, 3.8) is 0 Å². The van der Waals surface area contributed by atoms with E-state index in [1.165, 1.54) is 0 Å². The number of nitrogens with one attached hydrogen (secondary N) is 2. The van der Waals surface area contributed by atoms with Gasteiger partial charge in [-0.3, -0.25) is 10.2 Å². The average molecular weight is 304 g/mol. The summed E-state index contributed by atoms with van der Waals surface area (Å²) in [4.78, 5) is 12.1. The van der Waals surface area contributed by atoms with Gasteiger partial charge in [0.1, 0.15) is 0 Å². The zero-order chi connectivity index (χ0) is 16.5. The van der Waals surface area contributed by atoms with Gasteiger partial charge in [-0.15, -0.1) is 6.58 Å². The second-order valence-electron chi connectivity index (χ2n) is 5.17. The van der Waals surface area contributed by atoms with Crippen LogP contribution in [-0.4, -0.2) is 11.9 Å². The minimum atomic E-state index is -0.222. The van der Waals surface area contributed by atoms with Crippen molar-refractivity contribution in [3.05, 3.63) is 84.4 Å². The minimum absolute atomic E-state index is 0.0854. The number of hydrogen-bond donors (Lipinski definition) is 2. The average Bonchev–Trinajstić information content (AvgIpc) is 2.62. The van der Waals surface area contributed by atoms with E-state index in [4.69, 9.17) is 0 Å². The summed E-state index contributed by atoms with van der Waals surface area (Å²) in [5.74, 6) is 6.16. The van der Waals surface area contributed by atoms with Gasteiger partial charge >= 0.3 is 0 Å². The van der Waals surface area contributed by atoms with Crippen molar-refractivity contribution in [2.45, 2.75) is 13.0 Å². The topological polar surface area (TPSA) is 41.1 Å². The smallest absolute Gasteiger partial charge is 0.265 e. The Morgan fingerprint density at radius 3 is 2.30 bits per heavy atom. The molecule has 2 aromatic carbocycles. The van der Waals surface area contributed by atoms with Gasteiger partial charge in [-0.2, -0.15) is 0 Å². The Balaban J connectivity index is 2.04. The molecule has 0 aliphatic heterocycles. The summed E-state index contributed by atoms with van der Waals surface area (Å²) in [5.41, 5.74) is 7.24. The van der Waals surface area contributed by atoms with Crippen molar-refractivity contribution >= 4 is 5.91 Å². The third kappa shape index (κ3) is 5.14. The number of hydrogen-bond acceptors (Lipinski definition) is 2. The van der Waals surface area contributed by atoms with E-state index in [2.05, 4.69) is 29.3 Å². The Kier molecular flexibility index (Phi) is 6.17. The fraction of sp³-hybridized carbons (Fsp3) is 0.150. The lowest BCUT2D eigenvalue weighted by Crippen LogP contribution is -2.46. The summed E-state index contributed by atoms with van der Waals surface area (Å²) >= 11 is 0. The largest absolute Gasteiger partial charge is 0.286 e. The van der Waals surface area contributed by atoms with Crippen LogP contribution in [0.5, 0.6) is 0 Å². The highest BCUT2D eigenvalue weighted by Crippen LogP contribution is 2.04. The number of amides is 1. The van der Waals surface area contributed by atoms with Gasteiger partial charge in [0.25, 0.3) is 5.91 Å². The van der Waals surface area contributed by atoms with Gasteiger partial charge in [-0.1, -0.05) is 61.2 Å². The summed E-state index contributed by atoms with van der Waals surface area (Å²) in [6.45, 7) is 5.80. The van der Waals surface area contributed by atoms with Crippen molar-refractivity contribution in [2.75, 3.05) is 0 Å². The van der Waals surface area contributed by atoms with E-state index in [9.17, 15) is 4.79 Å². The number of rotatable bonds is 5. The molecule has 0 saturated heterocycles. The van der Waals surface area contributed by atoms with Gasteiger partial charge in [0.05, 0.1) is 6.04 Å². The molecule has 2 atom stereocenters. The Morgan fingerprint density at radius 2 is 1.70 bits per heavy atom. The summed E-state index contributed by atoms with van der Waals surface area (Å²) < 4.78 is 0. The lowest BCUT2D eigenvalue weighted by molar-refractivity contribution is 0.0927. The molecule has 0 heterocycles. The fourth-order valence-electron chi connectivity index (χ4n) is 1.92. The molecule has 3 heteroatoms. The van der Waals surface area contributed by atoms with Crippen LogP contribution in [0.25, 0.3) is 0 Å². The number of carbonyl (C=O) groups is 1. The van der Waals surface area contributed by atoms with E-state index < -0.39 is 0 Å². The van der Waals surface area contributed by atoms with E-state index >= 15 is 0 Å². The third-order valence-electron chi connectivity index (χ3n) is 3.42. The van der Waals surface area contributed by atoms with Crippen LogP contribution in [0, 0.1) is 17.8 Å². The Labute approximate surface area is 137 Å². The van der Waals surface area contributed by atoms with Crippen LogP contribution < -0.4 is 10.9 Å².